The molecular formula is C21H25BrN4O2. The van der Waals surface area contributed by atoms with Crippen molar-refractivity contribution in [3.8, 4) is 0 Å². The van der Waals surface area contributed by atoms with Crippen LogP contribution in [0.3, 0.4) is 0 Å². The number of hydrogen-bond donors (Lipinski definition) is 3. The van der Waals surface area contributed by atoms with Crippen LogP contribution in [0.5, 0.6) is 0 Å². The van der Waals surface area contributed by atoms with Crippen molar-refractivity contribution in [3.63, 3.8) is 0 Å². The number of urea groups is 1. The standard InChI is InChI=1S/C21H25BrN4O2/c1-14(2)23-20(27)16-13-15(9-10-19(16)26-11-5-6-12-26)24-21(28)25-18-8-4-3-7-17(18)22/h3-4,7-10,13-14H,5-6,11-12H2,1-2H3,(H,23,27)(H2,24,25,28). The molecule has 2 aromatic rings. The highest BCUT2D eigenvalue weighted by Gasteiger charge is 2.21. The first-order valence-electron chi connectivity index (χ1n) is 9.46. The summed E-state index contributed by atoms with van der Waals surface area (Å²) in [5.74, 6) is -0.133. The highest BCUT2D eigenvalue weighted by molar-refractivity contribution is 9.10. The SMILES string of the molecule is CC(C)NC(=O)c1cc(NC(=O)Nc2ccccc2Br)ccc1N1CCCC1. The monoisotopic (exact) mass is 444 g/mol. The van der Waals surface area contributed by atoms with E-state index < -0.39 is 0 Å². The highest BCUT2D eigenvalue weighted by Crippen LogP contribution is 2.28. The summed E-state index contributed by atoms with van der Waals surface area (Å²) in [5.41, 5.74) is 2.73. The Bertz CT molecular complexity index is 863. The van der Waals surface area contributed by atoms with Gasteiger partial charge in [0.15, 0.2) is 0 Å². The number of carbonyl (C=O) groups excluding carboxylic acids is 2. The van der Waals surface area contributed by atoms with Gasteiger partial charge in [0.1, 0.15) is 0 Å². The van der Waals surface area contributed by atoms with Crippen molar-refractivity contribution in [2.24, 2.45) is 0 Å². The van der Waals surface area contributed by atoms with Crippen molar-refractivity contribution in [3.05, 3.63) is 52.5 Å². The molecule has 1 heterocycles. The molecule has 7 heteroatoms. The van der Waals surface area contributed by atoms with Crippen LogP contribution in [0, 0.1) is 0 Å². The highest BCUT2D eigenvalue weighted by atomic mass is 79.9. The lowest BCUT2D eigenvalue weighted by molar-refractivity contribution is 0.0943. The predicted octanol–water partition coefficient (Wildman–Crippen LogP) is 4.83. The minimum Gasteiger partial charge on any atom is -0.371 e. The second-order valence-corrected chi connectivity index (χ2v) is 7.97. The Morgan fingerprint density at radius 1 is 1.04 bits per heavy atom. The van der Waals surface area contributed by atoms with Crippen molar-refractivity contribution >= 4 is 44.9 Å². The van der Waals surface area contributed by atoms with E-state index in [-0.39, 0.29) is 18.0 Å². The molecule has 0 saturated carbocycles. The molecule has 1 saturated heterocycles. The second-order valence-electron chi connectivity index (χ2n) is 7.11. The van der Waals surface area contributed by atoms with E-state index in [4.69, 9.17) is 0 Å². The van der Waals surface area contributed by atoms with E-state index in [2.05, 4.69) is 36.8 Å². The van der Waals surface area contributed by atoms with E-state index in [1.165, 1.54) is 0 Å². The van der Waals surface area contributed by atoms with Crippen molar-refractivity contribution in [1.82, 2.24) is 5.32 Å². The molecule has 0 aliphatic carbocycles. The minimum atomic E-state index is -0.365. The molecule has 28 heavy (non-hydrogen) atoms. The van der Waals surface area contributed by atoms with Crippen molar-refractivity contribution in [2.45, 2.75) is 32.7 Å². The van der Waals surface area contributed by atoms with Gasteiger partial charge in [0.05, 0.1) is 11.3 Å². The van der Waals surface area contributed by atoms with E-state index >= 15 is 0 Å². The Morgan fingerprint density at radius 2 is 1.75 bits per heavy atom. The van der Waals surface area contributed by atoms with Gasteiger partial charge in [-0.25, -0.2) is 4.79 Å². The maximum Gasteiger partial charge on any atom is 0.323 e. The third-order valence-electron chi connectivity index (χ3n) is 4.49. The summed E-state index contributed by atoms with van der Waals surface area (Å²) in [6.45, 7) is 5.75. The van der Waals surface area contributed by atoms with Gasteiger partial charge in [-0.15, -0.1) is 0 Å². The molecule has 0 spiro atoms. The van der Waals surface area contributed by atoms with Crippen LogP contribution in [-0.2, 0) is 0 Å². The fourth-order valence-corrected chi connectivity index (χ4v) is 3.60. The van der Waals surface area contributed by atoms with Gasteiger partial charge in [0.25, 0.3) is 5.91 Å². The summed E-state index contributed by atoms with van der Waals surface area (Å²) in [6.07, 6.45) is 2.25. The summed E-state index contributed by atoms with van der Waals surface area (Å²) >= 11 is 3.41. The van der Waals surface area contributed by atoms with Crippen molar-refractivity contribution in [1.29, 1.82) is 0 Å². The number of benzene rings is 2. The van der Waals surface area contributed by atoms with Gasteiger partial charge in [0.2, 0.25) is 0 Å². The molecular weight excluding hydrogens is 420 g/mol. The molecule has 0 unspecified atom stereocenters. The summed E-state index contributed by atoms with van der Waals surface area (Å²) < 4.78 is 0.798. The number of rotatable bonds is 5. The molecule has 0 aromatic heterocycles. The van der Waals surface area contributed by atoms with Crippen LogP contribution in [0.1, 0.15) is 37.0 Å². The summed E-state index contributed by atoms with van der Waals surface area (Å²) in [7, 11) is 0. The summed E-state index contributed by atoms with van der Waals surface area (Å²) in [6, 6.07) is 12.5. The number of nitrogens with zero attached hydrogens (tertiary/aromatic N) is 1. The summed E-state index contributed by atoms with van der Waals surface area (Å²) in [4.78, 5) is 27.3. The number of halogens is 1. The maximum atomic E-state index is 12.7. The van der Waals surface area contributed by atoms with Gasteiger partial charge in [-0.2, -0.15) is 0 Å². The van der Waals surface area contributed by atoms with E-state index in [1.807, 2.05) is 50.2 Å². The van der Waals surface area contributed by atoms with E-state index in [1.54, 1.807) is 6.07 Å². The number of para-hydroxylation sites is 1. The Morgan fingerprint density at radius 3 is 2.43 bits per heavy atom. The normalized spacial score (nSPS) is 13.5. The van der Waals surface area contributed by atoms with Gasteiger partial charge in [-0.3, -0.25) is 4.79 Å². The van der Waals surface area contributed by atoms with Crippen LogP contribution < -0.4 is 20.9 Å². The zero-order valence-electron chi connectivity index (χ0n) is 16.1. The van der Waals surface area contributed by atoms with Gasteiger partial charge >= 0.3 is 6.03 Å². The average molecular weight is 445 g/mol. The van der Waals surface area contributed by atoms with Gasteiger partial charge in [-0.05, 0) is 73.0 Å². The Kier molecular flexibility index (Phi) is 6.57. The smallest absolute Gasteiger partial charge is 0.323 e. The number of nitrogens with one attached hydrogen (secondary N) is 3. The molecule has 6 nitrogen and oxygen atoms in total. The quantitative estimate of drug-likeness (QED) is 0.617. The molecule has 2 aromatic carbocycles. The average Bonchev–Trinajstić information content (AvgIpc) is 3.17. The Labute approximate surface area is 173 Å². The number of anilines is 3. The molecule has 3 rings (SSSR count). The van der Waals surface area contributed by atoms with Crippen LogP contribution in [-0.4, -0.2) is 31.1 Å². The Hall–Kier alpha value is -2.54. The fourth-order valence-electron chi connectivity index (χ4n) is 3.22. The first-order chi connectivity index (χ1) is 13.4. The number of amides is 3. The maximum absolute atomic E-state index is 12.7. The second kappa shape index (κ2) is 9.10. The molecule has 148 valence electrons. The molecule has 1 aliphatic rings. The van der Waals surface area contributed by atoms with Crippen LogP contribution in [0.4, 0.5) is 21.9 Å². The fraction of sp³-hybridized carbons (Fsp3) is 0.333. The third kappa shape index (κ3) is 5.04. The van der Waals surface area contributed by atoms with Gasteiger partial charge in [-0.1, -0.05) is 12.1 Å². The lowest BCUT2D eigenvalue weighted by atomic mass is 10.1. The molecule has 3 amide bonds. The van der Waals surface area contributed by atoms with Crippen LogP contribution in [0.15, 0.2) is 46.9 Å². The topological polar surface area (TPSA) is 73.5 Å². The van der Waals surface area contributed by atoms with Crippen LogP contribution in [0.2, 0.25) is 0 Å². The molecule has 3 N–H and O–H groups in total. The first-order valence-corrected chi connectivity index (χ1v) is 10.3. The summed E-state index contributed by atoms with van der Waals surface area (Å²) in [5, 5.41) is 8.57. The van der Waals surface area contributed by atoms with Crippen molar-refractivity contribution < 1.29 is 9.59 Å². The lowest BCUT2D eigenvalue weighted by Crippen LogP contribution is -2.32. The predicted molar refractivity (Wildman–Crippen MR) is 117 cm³/mol. The first kappa shape index (κ1) is 20.2. The number of hydrogen-bond acceptors (Lipinski definition) is 3. The molecule has 1 aliphatic heterocycles. The molecule has 0 radical (unpaired) electrons. The van der Waals surface area contributed by atoms with Crippen LogP contribution in [0.25, 0.3) is 0 Å². The van der Waals surface area contributed by atoms with Crippen LogP contribution >= 0.6 is 15.9 Å². The van der Waals surface area contributed by atoms with E-state index in [0.717, 1.165) is 36.1 Å². The van der Waals surface area contributed by atoms with Crippen molar-refractivity contribution in [2.75, 3.05) is 28.6 Å². The third-order valence-corrected chi connectivity index (χ3v) is 5.18. The molecule has 0 atom stereocenters. The van der Waals surface area contributed by atoms with Gasteiger partial charge in [0, 0.05) is 35.0 Å². The van der Waals surface area contributed by atoms with Gasteiger partial charge < -0.3 is 20.9 Å². The largest absolute Gasteiger partial charge is 0.371 e. The lowest BCUT2D eigenvalue weighted by Gasteiger charge is -2.22. The van der Waals surface area contributed by atoms with E-state index in [9.17, 15) is 9.59 Å². The number of carbonyl (C=O) groups is 2. The zero-order valence-corrected chi connectivity index (χ0v) is 17.7. The molecule has 0 bridgehead atoms. The molecule has 1 fully saturated rings. The zero-order chi connectivity index (χ0) is 20.1. The Balaban J connectivity index is 1.80. The van der Waals surface area contributed by atoms with E-state index in [0.29, 0.717) is 16.9 Å². The minimum absolute atomic E-state index is 0.0364.